The molecule has 0 bridgehead atoms. The Balaban J connectivity index is 2.56. The van der Waals surface area contributed by atoms with Crippen LogP contribution in [0.15, 0.2) is 24.3 Å². The van der Waals surface area contributed by atoms with Gasteiger partial charge in [-0.25, -0.2) is 0 Å². The maximum Gasteiger partial charge on any atom is 0.0903 e. The van der Waals surface area contributed by atoms with E-state index in [1.165, 1.54) is 5.56 Å². The second-order valence-corrected chi connectivity index (χ2v) is 3.19. The fraction of sp³-hybridized carbons (Fsp3) is 0.300. The van der Waals surface area contributed by atoms with Gasteiger partial charge in [-0.2, -0.15) is 0 Å². The molecule has 1 radical (unpaired) electrons. The van der Waals surface area contributed by atoms with E-state index in [4.69, 9.17) is 0 Å². The van der Waals surface area contributed by atoms with Gasteiger partial charge in [-0.05, 0) is 30.9 Å². The summed E-state index contributed by atoms with van der Waals surface area (Å²) in [6.45, 7) is 3.77. The van der Waals surface area contributed by atoms with Crippen LogP contribution in [0.4, 0.5) is 0 Å². The standard InChI is InChI=1S/C10H11O/c1-10(11)7-6-8-4-2-3-5-9(8)10/h2-5,11H,1,6-7H2. The van der Waals surface area contributed by atoms with E-state index in [-0.39, 0.29) is 0 Å². The minimum Gasteiger partial charge on any atom is -0.385 e. The molecule has 0 aliphatic heterocycles. The lowest BCUT2D eigenvalue weighted by molar-refractivity contribution is 0.0885. The minimum absolute atomic E-state index is 0.756. The largest absolute Gasteiger partial charge is 0.385 e. The molecule has 1 unspecified atom stereocenters. The summed E-state index contributed by atoms with van der Waals surface area (Å²) in [6, 6.07) is 7.95. The SMILES string of the molecule is [CH2]C1(O)CCc2ccccc21. The van der Waals surface area contributed by atoms with Crippen LogP contribution in [0.3, 0.4) is 0 Å². The van der Waals surface area contributed by atoms with Crippen LogP contribution < -0.4 is 0 Å². The summed E-state index contributed by atoms with van der Waals surface area (Å²) in [6.07, 6.45) is 1.71. The van der Waals surface area contributed by atoms with Crippen molar-refractivity contribution in [2.45, 2.75) is 18.4 Å². The molecule has 1 atom stereocenters. The fourth-order valence-corrected chi connectivity index (χ4v) is 1.67. The highest BCUT2D eigenvalue weighted by molar-refractivity contribution is 5.37. The van der Waals surface area contributed by atoms with Crippen LogP contribution in [0.25, 0.3) is 0 Å². The molecule has 0 amide bonds. The zero-order valence-electron chi connectivity index (χ0n) is 6.38. The van der Waals surface area contributed by atoms with Gasteiger partial charge in [0.1, 0.15) is 0 Å². The third-order valence-corrected chi connectivity index (χ3v) is 2.33. The zero-order chi connectivity index (χ0) is 7.90. The minimum atomic E-state index is -0.823. The second kappa shape index (κ2) is 2.08. The smallest absolute Gasteiger partial charge is 0.0903 e. The molecule has 0 saturated carbocycles. The highest BCUT2D eigenvalue weighted by atomic mass is 16.3. The quantitative estimate of drug-likeness (QED) is 0.591. The Kier molecular flexibility index (Phi) is 1.30. The van der Waals surface area contributed by atoms with Gasteiger partial charge in [-0.1, -0.05) is 24.3 Å². The molecule has 1 heteroatoms. The van der Waals surface area contributed by atoms with Crippen LogP contribution in [0, 0.1) is 6.92 Å². The third kappa shape index (κ3) is 0.962. The molecular weight excluding hydrogens is 136 g/mol. The van der Waals surface area contributed by atoms with E-state index >= 15 is 0 Å². The molecule has 57 valence electrons. The van der Waals surface area contributed by atoms with Crippen LogP contribution >= 0.6 is 0 Å². The van der Waals surface area contributed by atoms with Crippen molar-refractivity contribution in [2.75, 3.05) is 0 Å². The normalized spacial score (nSPS) is 28.5. The van der Waals surface area contributed by atoms with E-state index in [0.717, 1.165) is 18.4 Å². The van der Waals surface area contributed by atoms with Crippen molar-refractivity contribution >= 4 is 0 Å². The molecule has 1 nitrogen and oxygen atoms in total. The van der Waals surface area contributed by atoms with Crippen molar-refractivity contribution in [2.24, 2.45) is 0 Å². The Labute approximate surface area is 66.7 Å². The summed E-state index contributed by atoms with van der Waals surface area (Å²) in [5, 5.41) is 9.74. The number of hydrogen-bond donors (Lipinski definition) is 1. The summed E-state index contributed by atoms with van der Waals surface area (Å²) in [5.41, 5.74) is 1.42. The first-order valence-corrected chi connectivity index (χ1v) is 3.86. The van der Waals surface area contributed by atoms with E-state index in [2.05, 4.69) is 13.0 Å². The van der Waals surface area contributed by atoms with Gasteiger partial charge in [0.05, 0.1) is 5.60 Å². The zero-order valence-corrected chi connectivity index (χ0v) is 6.38. The maximum absolute atomic E-state index is 9.74. The number of fused-ring (bicyclic) bond motifs is 1. The van der Waals surface area contributed by atoms with Crippen molar-refractivity contribution < 1.29 is 5.11 Å². The van der Waals surface area contributed by atoms with Gasteiger partial charge in [0.15, 0.2) is 0 Å². The summed E-state index contributed by atoms with van der Waals surface area (Å²) in [7, 11) is 0. The maximum atomic E-state index is 9.74. The van der Waals surface area contributed by atoms with Gasteiger partial charge in [0, 0.05) is 0 Å². The predicted octanol–water partition coefficient (Wildman–Crippen LogP) is 1.65. The van der Waals surface area contributed by atoms with E-state index in [9.17, 15) is 5.11 Å². The lowest BCUT2D eigenvalue weighted by Gasteiger charge is -2.16. The average Bonchev–Trinajstić information content (AvgIpc) is 2.29. The first-order chi connectivity index (χ1) is 5.20. The summed E-state index contributed by atoms with van der Waals surface area (Å²) in [5.74, 6) is 0. The van der Waals surface area contributed by atoms with Crippen molar-refractivity contribution in [3.05, 3.63) is 42.3 Å². The van der Waals surface area contributed by atoms with Gasteiger partial charge < -0.3 is 5.11 Å². The molecule has 11 heavy (non-hydrogen) atoms. The second-order valence-electron chi connectivity index (χ2n) is 3.19. The van der Waals surface area contributed by atoms with Crippen molar-refractivity contribution in [1.29, 1.82) is 0 Å². The Morgan fingerprint density at radius 3 is 2.82 bits per heavy atom. The lowest BCUT2D eigenvalue weighted by atomic mass is 9.99. The molecule has 0 fully saturated rings. The molecule has 0 aromatic heterocycles. The van der Waals surface area contributed by atoms with E-state index in [1.807, 2.05) is 18.2 Å². The van der Waals surface area contributed by atoms with Gasteiger partial charge in [0.2, 0.25) is 0 Å². The van der Waals surface area contributed by atoms with Crippen LogP contribution in [-0.2, 0) is 12.0 Å². The fourth-order valence-electron chi connectivity index (χ4n) is 1.67. The van der Waals surface area contributed by atoms with E-state index in [0.29, 0.717) is 0 Å². The number of hydrogen-bond acceptors (Lipinski definition) is 1. The molecule has 1 aromatic carbocycles. The summed E-state index contributed by atoms with van der Waals surface area (Å²) in [4.78, 5) is 0. The Bertz CT molecular complexity index is 276. The van der Waals surface area contributed by atoms with Crippen LogP contribution in [-0.4, -0.2) is 5.11 Å². The molecule has 1 aromatic rings. The molecule has 1 aliphatic carbocycles. The van der Waals surface area contributed by atoms with Crippen molar-refractivity contribution in [1.82, 2.24) is 0 Å². The first-order valence-electron chi connectivity index (χ1n) is 3.86. The monoisotopic (exact) mass is 147 g/mol. The number of aryl methyl sites for hydroxylation is 1. The van der Waals surface area contributed by atoms with Gasteiger partial charge in [-0.3, -0.25) is 0 Å². The van der Waals surface area contributed by atoms with Crippen molar-refractivity contribution in [3.63, 3.8) is 0 Å². The molecule has 1 aliphatic rings. The molecule has 0 spiro atoms. The lowest BCUT2D eigenvalue weighted by Crippen LogP contribution is -2.16. The van der Waals surface area contributed by atoms with Gasteiger partial charge in [-0.15, -0.1) is 0 Å². The highest BCUT2D eigenvalue weighted by Crippen LogP contribution is 2.35. The molecule has 1 N–H and O–H groups in total. The van der Waals surface area contributed by atoms with E-state index < -0.39 is 5.60 Å². The number of benzene rings is 1. The topological polar surface area (TPSA) is 20.2 Å². The number of rotatable bonds is 0. The van der Waals surface area contributed by atoms with Gasteiger partial charge in [0.25, 0.3) is 0 Å². The molecular formula is C10H11O. The Hall–Kier alpha value is -0.820. The molecule has 0 saturated heterocycles. The van der Waals surface area contributed by atoms with Crippen LogP contribution in [0.5, 0.6) is 0 Å². The summed E-state index contributed by atoms with van der Waals surface area (Å²) >= 11 is 0. The van der Waals surface area contributed by atoms with Gasteiger partial charge >= 0.3 is 0 Å². The molecule has 0 heterocycles. The highest BCUT2D eigenvalue weighted by Gasteiger charge is 2.30. The van der Waals surface area contributed by atoms with Crippen molar-refractivity contribution in [3.8, 4) is 0 Å². The summed E-state index contributed by atoms with van der Waals surface area (Å²) < 4.78 is 0. The first kappa shape index (κ1) is 6.86. The predicted molar refractivity (Wildman–Crippen MR) is 44.0 cm³/mol. The third-order valence-electron chi connectivity index (χ3n) is 2.33. The Morgan fingerprint density at radius 1 is 1.36 bits per heavy atom. The van der Waals surface area contributed by atoms with Crippen LogP contribution in [0.1, 0.15) is 17.5 Å². The molecule has 2 rings (SSSR count). The number of aliphatic hydroxyl groups is 1. The van der Waals surface area contributed by atoms with Crippen LogP contribution in [0.2, 0.25) is 0 Å². The van der Waals surface area contributed by atoms with E-state index in [1.54, 1.807) is 0 Å². The Morgan fingerprint density at radius 2 is 2.09 bits per heavy atom. The average molecular weight is 147 g/mol.